The fourth-order valence-corrected chi connectivity index (χ4v) is 2.66. The highest BCUT2D eigenvalue weighted by Crippen LogP contribution is 2.38. The molecule has 1 aliphatic rings. The number of nitrogens with two attached hydrogens (primary N) is 1. The maximum Gasteiger partial charge on any atom is 0.429 e. The van der Waals surface area contributed by atoms with Crippen molar-refractivity contribution in [1.82, 2.24) is 0 Å². The molecule has 0 amide bonds. The van der Waals surface area contributed by atoms with E-state index < -0.39 is 23.8 Å². The maximum atomic E-state index is 12.7. The first-order chi connectivity index (χ1) is 7.75. The van der Waals surface area contributed by atoms with Crippen molar-refractivity contribution in [2.24, 2.45) is 23.5 Å². The van der Waals surface area contributed by atoms with Crippen molar-refractivity contribution < 1.29 is 13.2 Å². The molecule has 0 aromatic carbocycles. The third kappa shape index (κ3) is 3.44. The molecule has 0 spiro atoms. The summed E-state index contributed by atoms with van der Waals surface area (Å²) in [6.45, 7) is 3.63. The zero-order valence-electron chi connectivity index (χ0n) is 10.3. The van der Waals surface area contributed by atoms with Gasteiger partial charge in [0.1, 0.15) is 5.71 Å². The molecule has 3 N–H and O–H groups in total. The summed E-state index contributed by atoms with van der Waals surface area (Å²) in [4.78, 5) is 0. The van der Waals surface area contributed by atoms with Gasteiger partial charge in [0.2, 0.25) is 0 Å². The van der Waals surface area contributed by atoms with Crippen LogP contribution in [0.1, 0.15) is 39.5 Å². The van der Waals surface area contributed by atoms with Gasteiger partial charge in [-0.2, -0.15) is 13.2 Å². The highest BCUT2D eigenvalue weighted by Gasteiger charge is 2.45. The maximum absolute atomic E-state index is 12.7. The molecule has 100 valence electrons. The second-order valence-electron chi connectivity index (χ2n) is 5.30. The van der Waals surface area contributed by atoms with Crippen LogP contribution in [0.25, 0.3) is 0 Å². The van der Waals surface area contributed by atoms with E-state index in [0.717, 1.165) is 25.7 Å². The summed E-state index contributed by atoms with van der Waals surface area (Å²) in [5, 5.41) is 7.38. The van der Waals surface area contributed by atoms with Crippen molar-refractivity contribution in [3.05, 3.63) is 0 Å². The Morgan fingerprint density at radius 2 is 1.71 bits per heavy atom. The van der Waals surface area contributed by atoms with E-state index in [1.165, 1.54) is 0 Å². The molecule has 2 atom stereocenters. The molecule has 0 aliphatic heterocycles. The molecule has 0 bridgehead atoms. The van der Waals surface area contributed by atoms with Gasteiger partial charge in [0, 0.05) is 12.0 Å². The van der Waals surface area contributed by atoms with Crippen LogP contribution < -0.4 is 5.73 Å². The van der Waals surface area contributed by atoms with Crippen LogP contribution in [0.5, 0.6) is 0 Å². The van der Waals surface area contributed by atoms with E-state index in [-0.39, 0.29) is 11.8 Å². The first kappa shape index (κ1) is 14.5. The van der Waals surface area contributed by atoms with Crippen LogP contribution in [-0.4, -0.2) is 17.9 Å². The van der Waals surface area contributed by atoms with Crippen molar-refractivity contribution in [3.63, 3.8) is 0 Å². The van der Waals surface area contributed by atoms with Crippen LogP contribution in [0.2, 0.25) is 0 Å². The fraction of sp³-hybridized carbons (Fsp3) is 0.917. The van der Waals surface area contributed by atoms with Gasteiger partial charge < -0.3 is 11.1 Å². The lowest BCUT2D eigenvalue weighted by Crippen LogP contribution is -2.47. The monoisotopic (exact) mass is 250 g/mol. The van der Waals surface area contributed by atoms with Crippen LogP contribution in [0.4, 0.5) is 13.2 Å². The smallest absolute Gasteiger partial charge is 0.327 e. The Balaban J connectivity index is 2.89. The Kier molecular flexibility index (Phi) is 4.58. The van der Waals surface area contributed by atoms with E-state index in [9.17, 15) is 13.2 Å². The van der Waals surface area contributed by atoms with Gasteiger partial charge in [0.05, 0.1) is 0 Å². The van der Waals surface area contributed by atoms with Crippen LogP contribution in [0.3, 0.4) is 0 Å². The molecule has 1 rings (SSSR count). The van der Waals surface area contributed by atoms with Gasteiger partial charge in [0.15, 0.2) is 0 Å². The van der Waals surface area contributed by atoms with Crippen molar-refractivity contribution in [2.45, 2.75) is 51.7 Å². The molecule has 17 heavy (non-hydrogen) atoms. The zero-order valence-corrected chi connectivity index (χ0v) is 10.3. The van der Waals surface area contributed by atoms with Gasteiger partial charge in [-0.25, -0.2) is 0 Å². The first-order valence-corrected chi connectivity index (χ1v) is 6.16. The Hall–Kier alpha value is -0.580. The summed E-state index contributed by atoms with van der Waals surface area (Å²) in [7, 11) is 0. The highest BCUT2D eigenvalue weighted by atomic mass is 19.4. The lowest BCUT2D eigenvalue weighted by Gasteiger charge is -2.32. The molecule has 5 heteroatoms. The third-order valence-electron chi connectivity index (χ3n) is 3.73. The zero-order chi connectivity index (χ0) is 13.2. The molecule has 1 saturated carbocycles. The minimum absolute atomic E-state index is 0.0386. The predicted molar refractivity (Wildman–Crippen MR) is 62.0 cm³/mol. The Bertz CT molecular complexity index is 265. The van der Waals surface area contributed by atoms with E-state index >= 15 is 0 Å². The van der Waals surface area contributed by atoms with Crippen molar-refractivity contribution in [3.8, 4) is 0 Å². The molecular weight excluding hydrogens is 229 g/mol. The minimum Gasteiger partial charge on any atom is -0.327 e. The second-order valence-corrected chi connectivity index (χ2v) is 5.30. The van der Waals surface area contributed by atoms with Crippen molar-refractivity contribution in [2.75, 3.05) is 0 Å². The molecule has 0 radical (unpaired) electrons. The summed E-state index contributed by atoms with van der Waals surface area (Å²) in [6.07, 6.45) is -1.10. The van der Waals surface area contributed by atoms with Gasteiger partial charge in [-0.1, -0.05) is 26.7 Å². The van der Waals surface area contributed by atoms with Crippen LogP contribution >= 0.6 is 0 Å². The average Bonchev–Trinajstić information content (AvgIpc) is 2.69. The number of rotatable bonds is 4. The predicted octanol–water partition coefficient (Wildman–Crippen LogP) is 3.36. The van der Waals surface area contributed by atoms with Crippen molar-refractivity contribution >= 4 is 5.71 Å². The molecule has 0 aromatic rings. The van der Waals surface area contributed by atoms with Crippen molar-refractivity contribution in [1.29, 1.82) is 5.41 Å². The molecule has 1 fully saturated rings. The van der Waals surface area contributed by atoms with Gasteiger partial charge in [-0.05, 0) is 24.7 Å². The lowest BCUT2D eigenvalue weighted by molar-refractivity contribution is -0.0662. The normalized spacial score (nSPS) is 21.8. The van der Waals surface area contributed by atoms with Crippen LogP contribution in [0, 0.1) is 23.2 Å². The van der Waals surface area contributed by atoms with E-state index in [1.807, 2.05) is 13.8 Å². The summed E-state index contributed by atoms with van der Waals surface area (Å²) < 4.78 is 38.1. The molecule has 0 heterocycles. The number of nitrogens with one attached hydrogen (secondary N) is 1. The number of halogens is 3. The quantitative estimate of drug-likeness (QED) is 0.738. The highest BCUT2D eigenvalue weighted by molar-refractivity contribution is 5.89. The molecule has 2 nitrogen and oxygen atoms in total. The molecule has 0 aromatic heterocycles. The topological polar surface area (TPSA) is 49.9 Å². The van der Waals surface area contributed by atoms with Gasteiger partial charge in [-0.3, -0.25) is 0 Å². The van der Waals surface area contributed by atoms with E-state index in [1.54, 1.807) is 0 Å². The molecule has 2 unspecified atom stereocenters. The molecular formula is C12H21F3N2. The standard InChI is InChI=1S/C12H21F3N2/c1-7(2)10(16)9(8-5-3-4-6-8)11(17)12(13,14)15/h7-10,17H,3-6,16H2,1-2H3. The van der Waals surface area contributed by atoms with E-state index in [0.29, 0.717) is 0 Å². The fourth-order valence-electron chi connectivity index (χ4n) is 2.66. The average molecular weight is 250 g/mol. The summed E-state index contributed by atoms with van der Waals surface area (Å²) in [6, 6.07) is -0.577. The Labute approximate surface area is 100 Å². The second kappa shape index (κ2) is 5.38. The largest absolute Gasteiger partial charge is 0.429 e. The Morgan fingerprint density at radius 1 is 1.24 bits per heavy atom. The minimum atomic E-state index is -4.54. The van der Waals surface area contributed by atoms with E-state index in [4.69, 9.17) is 11.1 Å². The van der Waals surface area contributed by atoms with Gasteiger partial charge in [-0.15, -0.1) is 0 Å². The molecule has 1 aliphatic carbocycles. The Morgan fingerprint density at radius 3 is 2.06 bits per heavy atom. The van der Waals surface area contributed by atoms with Gasteiger partial charge >= 0.3 is 6.18 Å². The lowest BCUT2D eigenvalue weighted by atomic mass is 9.77. The van der Waals surface area contributed by atoms with E-state index in [2.05, 4.69) is 0 Å². The van der Waals surface area contributed by atoms with Gasteiger partial charge in [0.25, 0.3) is 0 Å². The summed E-state index contributed by atoms with van der Waals surface area (Å²) in [5.74, 6) is -0.942. The van der Waals surface area contributed by atoms with Crippen LogP contribution in [0.15, 0.2) is 0 Å². The number of hydrogen-bond donors (Lipinski definition) is 2. The molecule has 0 saturated heterocycles. The summed E-state index contributed by atoms with van der Waals surface area (Å²) in [5.41, 5.74) is 4.76. The third-order valence-corrected chi connectivity index (χ3v) is 3.73. The number of hydrogen-bond acceptors (Lipinski definition) is 2. The summed E-state index contributed by atoms with van der Waals surface area (Å²) >= 11 is 0. The number of alkyl halides is 3. The first-order valence-electron chi connectivity index (χ1n) is 6.16. The van der Waals surface area contributed by atoms with Crippen LogP contribution in [-0.2, 0) is 0 Å². The SMILES string of the molecule is CC(C)C(N)C(C(=N)C(F)(F)F)C1CCCC1.